The number of carbonyl (C=O) groups is 1. The third-order valence-corrected chi connectivity index (χ3v) is 6.96. The number of halogens is 1. The highest BCUT2D eigenvalue weighted by Gasteiger charge is 2.41. The molecule has 0 bridgehead atoms. The van der Waals surface area contributed by atoms with Crippen LogP contribution in [0.1, 0.15) is 15.2 Å². The first kappa shape index (κ1) is 18.4. The average molecular weight is 414 g/mol. The Bertz CT molecular complexity index is 1150. The molecule has 0 fully saturated rings. The van der Waals surface area contributed by atoms with Crippen LogP contribution >= 0.6 is 11.3 Å². The molecular weight excluding hydrogens is 399 g/mol. The van der Waals surface area contributed by atoms with Crippen molar-refractivity contribution in [1.29, 1.82) is 0 Å². The zero-order valence-corrected chi connectivity index (χ0v) is 16.1. The van der Waals surface area contributed by atoms with Crippen molar-refractivity contribution in [2.75, 3.05) is 9.62 Å². The molecule has 4 rings (SSSR count). The van der Waals surface area contributed by atoms with Crippen LogP contribution in [0.5, 0.6) is 0 Å². The van der Waals surface area contributed by atoms with Crippen molar-refractivity contribution in [3.63, 3.8) is 0 Å². The lowest BCUT2D eigenvalue weighted by Crippen LogP contribution is -2.38. The maximum atomic E-state index is 13.2. The molecule has 0 unspecified atom stereocenters. The maximum Gasteiger partial charge on any atom is 0.270 e. The fourth-order valence-electron chi connectivity index (χ4n) is 2.90. The smallest absolute Gasteiger partial charge is 0.270 e. The summed E-state index contributed by atoms with van der Waals surface area (Å²) in [7, 11) is -4.08. The van der Waals surface area contributed by atoms with E-state index < -0.39 is 21.6 Å². The van der Waals surface area contributed by atoms with Gasteiger partial charge in [-0.3, -0.25) is 9.10 Å². The van der Waals surface area contributed by atoms with E-state index in [1.165, 1.54) is 46.1 Å². The van der Waals surface area contributed by atoms with Gasteiger partial charge in [-0.1, -0.05) is 30.3 Å². The highest BCUT2D eigenvalue weighted by Crippen LogP contribution is 2.39. The Balaban J connectivity index is 1.75. The lowest BCUT2D eigenvalue weighted by atomic mass is 10.2. The van der Waals surface area contributed by atoms with E-state index in [2.05, 4.69) is 5.32 Å². The van der Waals surface area contributed by atoms with E-state index in [4.69, 9.17) is 0 Å². The van der Waals surface area contributed by atoms with Crippen LogP contribution in [0.4, 0.5) is 15.8 Å². The van der Waals surface area contributed by atoms with Gasteiger partial charge in [-0.2, -0.15) is 0 Å². The first-order chi connectivity index (χ1) is 13.5. The van der Waals surface area contributed by atoms with Gasteiger partial charge in [0, 0.05) is 11.9 Å². The maximum absolute atomic E-state index is 13.2. The second kappa shape index (κ2) is 7.21. The largest absolute Gasteiger partial charge is 0.360 e. The Hall–Kier alpha value is -2.97. The van der Waals surface area contributed by atoms with Crippen LogP contribution < -0.4 is 9.62 Å². The molecule has 1 N–H and O–H groups in total. The van der Waals surface area contributed by atoms with Crippen LogP contribution in [0.2, 0.25) is 0 Å². The van der Waals surface area contributed by atoms with Crippen LogP contribution in [-0.4, -0.2) is 14.2 Å². The first-order valence-electron chi connectivity index (χ1n) is 8.38. The van der Waals surface area contributed by atoms with Crippen molar-refractivity contribution in [1.82, 2.24) is 0 Å². The van der Waals surface area contributed by atoms with Crippen LogP contribution in [-0.2, 0) is 16.6 Å². The number of Topliss-reactive ketones (excluding diaryl/α,β-unsaturated/α-hetero) is 1. The quantitative estimate of drug-likeness (QED) is 0.644. The first-order valence-corrected chi connectivity index (χ1v) is 10.7. The lowest BCUT2D eigenvalue weighted by Gasteiger charge is -2.29. The number of carbonyl (C=O) groups excluding carboxylic acids is 1. The number of anilines is 2. The number of thiophene rings is 1. The van der Waals surface area contributed by atoms with Crippen LogP contribution in [0, 0.1) is 5.82 Å². The minimum absolute atomic E-state index is 0.00229. The molecule has 1 aliphatic heterocycles. The summed E-state index contributed by atoms with van der Waals surface area (Å²) in [5.74, 6) is -0.937. The number of fused-ring (bicyclic) bond motifs is 1. The van der Waals surface area contributed by atoms with Crippen molar-refractivity contribution < 1.29 is 17.6 Å². The average Bonchev–Trinajstić information content (AvgIpc) is 3.17. The van der Waals surface area contributed by atoms with E-state index in [1.54, 1.807) is 35.7 Å². The number of benzene rings is 2. The SMILES string of the molecule is O=C1/C(=C/Nc2ccccc2)S(=O)(=O)N(Cc2ccc(F)cc2)c2ccsc21. The van der Waals surface area contributed by atoms with Crippen molar-refractivity contribution in [3.8, 4) is 0 Å². The van der Waals surface area contributed by atoms with Gasteiger partial charge >= 0.3 is 0 Å². The Labute approximate surface area is 165 Å². The summed E-state index contributed by atoms with van der Waals surface area (Å²) in [5, 5.41) is 4.57. The van der Waals surface area contributed by atoms with E-state index in [0.717, 1.165) is 0 Å². The van der Waals surface area contributed by atoms with Gasteiger partial charge < -0.3 is 5.32 Å². The molecule has 1 aliphatic rings. The summed E-state index contributed by atoms with van der Waals surface area (Å²) in [4.78, 5) is 12.8. The third kappa shape index (κ3) is 3.32. The predicted octanol–water partition coefficient (Wildman–Crippen LogP) is 4.37. The molecule has 0 aliphatic carbocycles. The van der Waals surface area contributed by atoms with E-state index >= 15 is 0 Å². The minimum atomic E-state index is -4.08. The Morgan fingerprint density at radius 1 is 1.04 bits per heavy atom. The van der Waals surface area contributed by atoms with E-state index in [-0.39, 0.29) is 11.4 Å². The van der Waals surface area contributed by atoms with Gasteiger partial charge in [-0.15, -0.1) is 11.3 Å². The highest BCUT2D eigenvalue weighted by atomic mass is 32.2. The number of nitrogens with zero attached hydrogens (tertiary/aromatic N) is 1. The van der Waals surface area contributed by atoms with Gasteiger partial charge in [0.1, 0.15) is 10.7 Å². The van der Waals surface area contributed by atoms with Gasteiger partial charge in [-0.05, 0) is 41.3 Å². The lowest BCUT2D eigenvalue weighted by molar-refractivity contribution is 0.104. The summed E-state index contributed by atoms with van der Waals surface area (Å²) >= 11 is 1.19. The molecule has 5 nitrogen and oxygen atoms in total. The minimum Gasteiger partial charge on any atom is -0.360 e. The van der Waals surface area contributed by atoms with Crippen LogP contribution in [0.25, 0.3) is 0 Å². The van der Waals surface area contributed by atoms with E-state index in [0.29, 0.717) is 21.8 Å². The Morgan fingerprint density at radius 2 is 1.75 bits per heavy atom. The molecule has 0 saturated heterocycles. The molecule has 142 valence electrons. The molecule has 0 atom stereocenters. The van der Waals surface area contributed by atoms with Crippen molar-refractivity contribution in [2.45, 2.75) is 6.54 Å². The van der Waals surface area contributed by atoms with E-state index in [9.17, 15) is 17.6 Å². The standard InChI is InChI=1S/C20H15FN2O3S2/c21-15-8-6-14(7-9-15)13-23-17-10-11-27-20(17)19(24)18(28(23,25)26)12-22-16-4-2-1-3-5-16/h1-12,22H,13H2/b18-12-. The third-order valence-electron chi connectivity index (χ3n) is 4.29. The summed E-state index contributed by atoms with van der Waals surface area (Å²) in [6, 6.07) is 16.2. The number of rotatable bonds is 4. The zero-order valence-electron chi connectivity index (χ0n) is 14.5. The number of nitrogens with one attached hydrogen (secondary N) is 1. The molecule has 0 spiro atoms. The van der Waals surface area contributed by atoms with E-state index in [1.807, 2.05) is 6.07 Å². The number of hydrogen-bond donors (Lipinski definition) is 1. The van der Waals surface area contributed by atoms with Gasteiger partial charge in [0.15, 0.2) is 4.91 Å². The molecule has 28 heavy (non-hydrogen) atoms. The molecule has 0 saturated carbocycles. The molecule has 0 radical (unpaired) electrons. The van der Waals surface area contributed by atoms with Gasteiger partial charge in [0.05, 0.1) is 12.2 Å². The van der Waals surface area contributed by atoms with Crippen molar-refractivity contribution >= 4 is 38.5 Å². The number of sulfonamides is 1. The van der Waals surface area contributed by atoms with Crippen LogP contribution in [0.15, 0.2) is 77.1 Å². The number of hydrogen-bond acceptors (Lipinski definition) is 5. The Kier molecular flexibility index (Phi) is 4.74. The molecule has 8 heteroatoms. The molecule has 1 aromatic heterocycles. The predicted molar refractivity (Wildman–Crippen MR) is 108 cm³/mol. The summed E-state index contributed by atoms with van der Waals surface area (Å²) in [6.07, 6.45) is 1.23. The molecule has 2 heterocycles. The summed E-state index contributed by atoms with van der Waals surface area (Å²) in [6.45, 7) is 0.00229. The van der Waals surface area contributed by atoms with Gasteiger partial charge in [0.25, 0.3) is 10.0 Å². The second-order valence-corrected chi connectivity index (χ2v) is 8.87. The van der Waals surface area contributed by atoms with Gasteiger partial charge in [0.2, 0.25) is 5.78 Å². The van der Waals surface area contributed by atoms with Crippen molar-refractivity contribution in [2.24, 2.45) is 0 Å². The number of ketones is 1. The fourth-order valence-corrected chi connectivity index (χ4v) is 5.38. The molecular formula is C20H15FN2O3S2. The van der Waals surface area contributed by atoms with Crippen LogP contribution in [0.3, 0.4) is 0 Å². The second-order valence-electron chi connectivity index (χ2n) is 6.12. The topological polar surface area (TPSA) is 66.5 Å². The number of allylic oxidation sites excluding steroid dienone is 1. The molecule has 0 amide bonds. The Morgan fingerprint density at radius 3 is 2.46 bits per heavy atom. The van der Waals surface area contributed by atoms with Gasteiger partial charge in [-0.25, -0.2) is 12.8 Å². The van der Waals surface area contributed by atoms with Crippen molar-refractivity contribution in [3.05, 3.63) is 93.4 Å². The molecule has 3 aromatic rings. The zero-order chi connectivity index (χ0) is 19.7. The summed E-state index contributed by atoms with van der Waals surface area (Å²) in [5.41, 5.74) is 1.63. The fraction of sp³-hybridized carbons (Fsp3) is 0.0500. The molecule has 2 aromatic carbocycles. The highest BCUT2D eigenvalue weighted by molar-refractivity contribution is 7.97. The monoisotopic (exact) mass is 414 g/mol. The number of para-hydroxylation sites is 1. The normalized spacial score (nSPS) is 16.8. The summed E-state index contributed by atoms with van der Waals surface area (Å²) < 4.78 is 40.8.